The molecule has 9 heteroatoms. The number of hydrogen-bond acceptors (Lipinski definition) is 5. The Kier molecular flexibility index (Phi) is 5.85. The van der Waals surface area contributed by atoms with Crippen molar-refractivity contribution in [2.75, 3.05) is 0 Å². The number of hydrogen-bond donors (Lipinski definition) is 2. The molecule has 0 saturated carbocycles. The molecule has 0 spiro atoms. The van der Waals surface area contributed by atoms with E-state index in [1.54, 1.807) is 30.5 Å². The van der Waals surface area contributed by atoms with Crippen molar-refractivity contribution in [2.24, 2.45) is 11.5 Å². The smallest absolute Gasteiger partial charge is 0.368 e. The van der Waals surface area contributed by atoms with Crippen molar-refractivity contribution >= 4 is 28.4 Å². The molecule has 3 aromatic rings. The number of aromatic nitrogens is 2. The van der Waals surface area contributed by atoms with Gasteiger partial charge in [-0.15, -0.1) is 11.8 Å². The highest BCUT2D eigenvalue weighted by Gasteiger charge is 2.32. The van der Waals surface area contributed by atoms with E-state index in [2.05, 4.69) is 9.97 Å². The molecule has 2 heterocycles. The number of carbonyl (C=O) groups excluding carboxylic acids is 1. The number of nitrogens with zero attached hydrogens (tertiary/aromatic N) is 2. The number of benzene rings is 1. The molecule has 0 aliphatic carbocycles. The van der Waals surface area contributed by atoms with E-state index >= 15 is 0 Å². The highest BCUT2D eigenvalue weighted by molar-refractivity contribution is 7.98. The highest BCUT2D eigenvalue weighted by atomic mass is 32.2. The standard InChI is InChI=1S/C19H17F3N4OS/c20-19(21,22)15-6-2-5-13-14(15)8-25-9-17(13)28-10-12-4-1-3-11(26-12)7-16(23)18(24)27/h1-6,8-9,16H,7,10,23H2,(H2,24,27). The van der Waals surface area contributed by atoms with Crippen molar-refractivity contribution in [2.45, 2.75) is 29.3 Å². The van der Waals surface area contributed by atoms with Crippen LogP contribution in [0.25, 0.3) is 10.8 Å². The molecule has 4 N–H and O–H groups in total. The molecule has 0 aliphatic rings. The maximum Gasteiger partial charge on any atom is 0.417 e. The van der Waals surface area contributed by atoms with Crippen molar-refractivity contribution < 1.29 is 18.0 Å². The van der Waals surface area contributed by atoms with Gasteiger partial charge in [-0.1, -0.05) is 18.2 Å². The summed E-state index contributed by atoms with van der Waals surface area (Å²) in [5.74, 6) is -0.180. The molecule has 1 atom stereocenters. The molecule has 3 rings (SSSR count). The molecule has 0 aliphatic heterocycles. The third-order valence-electron chi connectivity index (χ3n) is 4.11. The second-order valence-corrected chi connectivity index (χ2v) is 7.18. The van der Waals surface area contributed by atoms with Gasteiger partial charge in [0.1, 0.15) is 0 Å². The van der Waals surface area contributed by atoms with E-state index in [-0.39, 0.29) is 11.8 Å². The topological polar surface area (TPSA) is 94.9 Å². The molecular weight excluding hydrogens is 389 g/mol. The van der Waals surface area contributed by atoms with Gasteiger partial charge in [0.25, 0.3) is 0 Å². The number of rotatable bonds is 6. The molecule has 0 saturated heterocycles. The Labute approximate surface area is 163 Å². The minimum Gasteiger partial charge on any atom is -0.368 e. The van der Waals surface area contributed by atoms with Gasteiger partial charge in [0.15, 0.2) is 0 Å². The zero-order chi connectivity index (χ0) is 20.3. The first-order chi connectivity index (χ1) is 13.3. The first-order valence-electron chi connectivity index (χ1n) is 8.32. The van der Waals surface area contributed by atoms with Crippen molar-refractivity contribution in [3.63, 3.8) is 0 Å². The van der Waals surface area contributed by atoms with Gasteiger partial charge in [0, 0.05) is 40.5 Å². The van der Waals surface area contributed by atoms with Gasteiger partial charge in [-0.3, -0.25) is 14.8 Å². The molecule has 146 valence electrons. The number of thioether (sulfide) groups is 1. The van der Waals surface area contributed by atoms with E-state index in [1.165, 1.54) is 24.0 Å². The molecule has 28 heavy (non-hydrogen) atoms. The van der Waals surface area contributed by atoms with Crippen LogP contribution in [0.15, 0.2) is 53.7 Å². The van der Waals surface area contributed by atoms with Crippen LogP contribution < -0.4 is 11.5 Å². The monoisotopic (exact) mass is 406 g/mol. The Morgan fingerprint density at radius 1 is 1.07 bits per heavy atom. The van der Waals surface area contributed by atoms with Gasteiger partial charge in [-0.05, 0) is 23.6 Å². The van der Waals surface area contributed by atoms with Crippen LogP contribution in [-0.4, -0.2) is 21.9 Å². The van der Waals surface area contributed by atoms with E-state index in [9.17, 15) is 18.0 Å². The number of amides is 1. The Balaban J connectivity index is 1.82. The molecule has 0 bridgehead atoms. The van der Waals surface area contributed by atoms with Gasteiger partial charge >= 0.3 is 6.18 Å². The number of nitrogens with two attached hydrogens (primary N) is 2. The van der Waals surface area contributed by atoms with Gasteiger partial charge in [-0.2, -0.15) is 13.2 Å². The van der Waals surface area contributed by atoms with Crippen molar-refractivity contribution in [1.82, 2.24) is 9.97 Å². The first-order valence-corrected chi connectivity index (χ1v) is 9.30. The van der Waals surface area contributed by atoms with Gasteiger partial charge in [0.2, 0.25) is 5.91 Å². The Morgan fingerprint density at radius 2 is 1.79 bits per heavy atom. The van der Waals surface area contributed by atoms with Crippen LogP contribution in [0.2, 0.25) is 0 Å². The normalized spacial score (nSPS) is 12.9. The van der Waals surface area contributed by atoms with Crippen LogP contribution in [0, 0.1) is 0 Å². The van der Waals surface area contributed by atoms with Crippen LogP contribution in [0.4, 0.5) is 13.2 Å². The van der Waals surface area contributed by atoms with E-state index in [4.69, 9.17) is 11.5 Å². The quantitative estimate of drug-likeness (QED) is 0.613. The third-order valence-corrected chi connectivity index (χ3v) is 5.18. The Hall–Kier alpha value is -2.65. The Bertz CT molecular complexity index is 1010. The number of alkyl halides is 3. The first kappa shape index (κ1) is 20.1. The van der Waals surface area contributed by atoms with E-state index in [1.807, 2.05) is 0 Å². The molecule has 1 amide bonds. The summed E-state index contributed by atoms with van der Waals surface area (Å²) in [6.07, 6.45) is -1.45. The predicted molar refractivity (Wildman–Crippen MR) is 101 cm³/mol. The van der Waals surface area contributed by atoms with Crippen LogP contribution in [0.1, 0.15) is 17.0 Å². The summed E-state index contributed by atoms with van der Waals surface area (Å²) in [7, 11) is 0. The van der Waals surface area contributed by atoms with Gasteiger partial charge < -0.3 is 11.5 Å². The van der Waals surface area contributed by atoms with Crippen molar-refractivity contribution in [3.8, 4) is 0 Å². The summed E-state index contributed by atoms with van der Waals surface area (Å²) in [6.45, 7) is 0. The fraction of sp³-hybridized carbons (Fsp3) is 0.211. The molecule has 5 nitrogen and oxygen atoms in total. The summed E-state index contributed by atoms with van der Waals surface area (Å²) in [6, 6.07) is 8.58. The van der Waals surface area contributed by atoms with Crippen LogP contribution in [0.5, 0.6) is 0 Å². The summed E-state index contributed by atoms with van der Waals surface area (Å²) >= 11 is 1.34. The Morgan fingerprint density at radius 3 is 2.50 bits per heavy atom. The average molecular weight is 406 g/mol. The predicted octanol–water partition coefficient (Wildman–Crippen LogP) is 3.30. The summed E-state index contributed by atoms with van der Waals surface area (Å²) in [4.78, 5) is 20.1. The second kappa shape index (κ2) is 8.15. The summed E-state index contributed by atoms with van der Waals surface area (Å²) in [5, 5.41) is 0.552. The number of fused-ring (bicyclic) bond motifs is 1. The highest BCUT2D eigenvalue weighted by Crippen LogP contribution is 2.37. The minimum atomic E-state index is -4.44. The fourth-order valence-corrected chi connectivity index (χ4v) is 3.66. The largest absolute Gasteiger partial charge is 0.417 e. The number of primary amides is 1. The molecule has 0 radical (unpaired) electrons. The zero-order valence-electron chi connectivity index (χ0n) is 14.6. The SMILES string of the molecule is NC(=O)C(N)Cc1cccc(CSc2cncc3c(C(F)(F)F)cccc23)n1. The van der Waals surface area contributed by atoms with Gasteiger partial charge in [-0.25, -0.2) is 0 Å². The summed E-state index contributed by atoms with van der Waals surface area (Å²) in [5.41, 5.74) is 11.5. The maximum atomic E-state index is 13.2. The van der Waals surface area contributed by atoms with Crippen LogP contribution in [0.3, 0.4) is 0 Å². The second-order valence-electron chi connectivity index (χ2n) is 6.16. The molecular formula is C19H17F3N4OS. The van der Waals surface area contributed by atoms with Crippen LogP contribution in [-0.2, 0) is 23.1 Å². The fourth-order valence-electron chi connectivity index (χ4n) is 2.73. The number of pyridine rings is 2. The maximum absolute atomic E-state index is 13.2. The van der Waals surface area contributed by atoms with E-state index in [0.717, 1.165) is 6.07 Å². The third kappa shape index (κ3) is 4.60. The molecule has 1 unspecified atom stereocenters. The molecule has 2 aromatic heterocycles. The lowest BCUT2D eigenvalue weighted by molar-refractivity contribution is -0.136. The zero-order valence-corrected chi connectivity index (χ0v) is 15.4. The molecule has 1 aromatic carbocycles. The minimum absolute atomic E-state index is 0.0640. The lowest BCUT2D eigenvalue weighted by Crippen LogP contribution is -2.38. The number of halogens is 3. The van der Waals surface area contributed by atoms with E-state index in [0.29, 0.717) is 27.4 Å². The summed E-state index contributed by atoms with van der Waals surface area (Å²) < 4.78 is 39.7. The van der Waals surface area contributed by atoms with Gasteiger partial charge in [0.05, 0.1) is 17.3 Å². The molecule has 0 fully saturated rings. The number of carbonyl (C=O) groups is 1. The lowest BCUT2D eigenvalue weighted by Gasteiger charge is -2.12. The van der Waals surface area contributed by atoms with E-state index < -0.39 is 23.7 Å². The average Bonchev–Trinajstić information content (AvgIpc) is 2.65. The van der Waals surface area contributed by atoms with Crippen molar-refractivity contribution in [3.05, 3.63) is 65.7 Å². The van der Waals surface area contributed by atoms with Crippen LogP contribution >= 0.6 is 11.8 Å². The van der Waals surface area contributed by atoms with Crippen molar-refractivity contribution in [1.29, 1.82) is 0 Å². The lowest BCUT2D eigenvalue weighted by atomic mass is 10.1.